The van der Waals surface area contributed by atoms with Gasteiger partial charge in [-0.1, -0.05) is 66.2 Å². The second kappa shape index (κ2) is 7.99. The van der Waals surface area contributed by atoms with E-state index < -0.39 is 0 Å². The van der Waals surface area contributed by atoms with E-state index in [-0.39, 0.29) is 5.91 Å². The Morgan fingerprint density at radius 2 is 1.39 bits per heavy atom. The lowest BCUT2D eigenvalue weighted by atomic mass is 10.1. The number of carbonyl (C=O) groups excluding carboxylic acids is 1. The molecule has 1 aliphatic heterocycles. The molecule has 0 atom stereocenters. The number of para-hydroxylation sites is 1. The molecular formula is C25H27N2O+. The first-order valence-corrected chi connectivity index (χ1v) is 9.98. The van der Waals surface area contributed by atoms with Crippen LogP contribution in [0.3, 0.4) is 0 Å². The SMILES string of the molecule is Cc1ccc(C[N+]2(c3ccccc3)CCN(C(=O)c3ccccc3)CC2)cc1. The zero-order valence-corrected chi connectivity index (χ0v) is 16.4. The number of piperazine rings is 1. The molecule has 0 unspecified atom stereocenters. The monoisotopic (exact) mass is 371 g/mol. The zero-order valence-electron chi connectivity index (χ0n) is 16.4. The van der Waals surface area contributed by atoms with Gasteiger partial charge in [-0.15, -0.1) is 0 Å². The average Bonchev–Trinajstić information content (AvgIpc) is 2.77. The number of hydrogen-bond donors (Lipinski definition) is 0. The lowest BCUT2D eigenvalue weighted by Crippen LogP contribution is -2.61. The molecule has 0 aromatic heterocycles. The summed E-state index contributed by atoms with van der Waals surface area (Å²) in [5.74, 6) is 0.141. The fourth-order valence-electron chi connectivity index (χ4n) is 4.11. The Morgan fingerprint density at radius 1 is 0.821 bits per heavy atom. The standard InChI is InChI=1S/C25H27N2O/c1-21-12-14-22(15-13-21)20-27(24-10-6-3-7-11-24)18-16-26(17-19-27)25(28)23-8-4-2-5-9-23/h2-15H,16-20H2,1H3/q+1. The van der Waals surface area contributed by atoms with Crippen LogP contribution in [0.2, 0.25) is 0 Å². The van der Waals surface area contributed by atoms with Gasteiger partial charge in [-0.2, -0.15) is 0 Å². The Morgan fingerprint density at radius 3 is 2.00 bits per heavy atom. The minimum Gasteiger partial charge on any atom is -0.327 e. The molecule has 1 saturated heterocycles. The van der Waals surface area contributed by atoms with E-state index in [9.17, 15) is 4.79 Å². The van der Waals surface area contributed by atoms with Gasteiger partial charge >= 0.3 is 0 Å². The van der Waals surface area contributed by atoms with Crippen molar-refractivity contribution in [3.63, 3.8) is 0 Å². The van der Waals surface area contributed by atoms with Crippen molar-refractivity contribution in [3.8, 4) is 0 Å². The molecule has 3 aromatic carbocycles. The van der Waals surface area contributed by atoms with Crippen LogP contribution in [0.4, 0.5) is 5.69 Å². The van der Waals surface area contributed by atoms with Crippen molar-refractivity contribution in [1.82, 2.24) is 9.38 Å². The predicted molar refractivity (Wildman–Crippen MR) is 115 cm³/mol. The summed E-state index contributed by atoms with van der Waals surface area (Å²) in [6.07, 6.45) is 0. The van der Waals surface area contributed by atoms with Crippen molar-refractivity contribution >= 4 is 11.6 Å². The van der Waals surface area contributed by atoms with Gasteiger partial charge < -0.3 is 4.90 Å². The molecule has 1 aliphatic rings. The molecular weight excluding hydrogens is 344 g/mol. The van der Waals surface area contributed by atoms with Gasteiger partial charge in [-0.25, -0.2) is 0 Å². The first kappa shape index (κ1) is 18.5. The van der Waals surface area contributed by atoms with Gasteiger partial charge in [-0.05, 0) is 31.2 Å². The molecule has 0 radical (unpaired) electrons. The number of quaternary nitrogens is 1. The largest absolute Gasteiger partial charge is 0.327 e. The fourth-order valence-corrected chi connectivity index (χ4v) is 4.11. The summed E-state index contributed by atoms with van der Waals surface area (Å²) in [6.45, 7) is 6.48. The summed E-state index contributed by atoms with van der Waals surface area (Å²) < 4.78 is 0.891. The van der Waals surface area contributed by atoms with Crippen molar-refractivity contribution in [1.29, 1.82) is 0 Å². The maximum atomic E-state index is 12.9. The first-order chi connectivity index (χ1) is 13.7. The number of carbonyl (C=O) groups is 1. The smallest absolute Gasteiger partial charge is 0.254 e. The molecule has 1 fully saturated rings. The molecule has 3 aromatic rings. The molecule has 28 heavy (non-hydrogen) atoms. The topological polar surface area (TPSA) is 20.3 Å². The molecule has 3 heteroatoms. The predicted octanol–water partition coefficient (Wildman–Crippen LogP) is 4.66. The number of hydrogen-bond acceptors (Lipinski definition) is 1. The highest BCUT2D eigenvalue weighted by molar-refractivity contribution is 5.94. The molecule has 0 bridgehead atoms. The Kier molecular flexibility index (Phi) is 5.27. The molecule has 0 spiro atoms. The quantitative estimate of drug-likeness (QED) is 0.611. The second-order valence-electron chi connectivity index (χ2n) is 7.73. The fraction of sp³-hybridized carbons (Fsp3) is 0.240. The highest BCUT2D eigenvalue weighted by atomic mass is 16.2. The van der Waals surface area contributed by atoms with Crippen LogP contribution in [0.5, 0.6) is 0 Å². The van der Waals surface area contributed by atoms with Gasteiger partial charge in [0, 0.05) is 11.1 Å². The molecule has 142 valence electrons. The van der Waals surface area contributed by atoms with E-state index in [2.05, 4.69) is 61.5 Å². The van der Waals surface area contributed by atoms with E-state index in [0.717, 1.165) is 42.8 Å². The molecule has 1 amide bonds. The maximum absolute atomic E-state index is 12.9. The molecule has 0 saturated carbocycles. The highest BCUT2D eigenvalue weighted by Crippen LogP contribution is 2.29. The number of benzene rings is 3. The highest BCUT2D eigenvalue weighted by Gasteiger charge is 2.36. The Balaban J connectivity index is 1.56. The van der Waals surface area contributed by atoms with Crippen LogP contribution in [0.25, 0.3) is 0 Å². The zero-order chi connectivity index (χ0) is 19.4. The summed E-state index contributed by atoms with van der Waals surface area (Å²) in [5.41, 5.74) is 4.74. The van der Waals surface area contributed by atoms with Gasteiger partial charge in [0.2, 0.25) is 0 Å². The number of amides is 1. The molecule has 3 nitrogen and oxygen atoms in total. The number of nitrogens with zero attached hydrogens (tertiary/aromatic N) is 2. The summed E-state index contributed by atoms with van der Waals surface area (Å²) in [4.78, 5) is 14.9. The van der Waals surface area contributed by atoms with Crippen LogP contribution >= 0.6 is 0 Å². The number of rotatable bonds is 4. The third kappa shape index (κ3) is 3.85. The van der Waals surface area contributed by atoms with Gasteiger partial charge in [-0.3, -0.25) is 9.28 Å². The normalized spacial score (nSPS) is 16.0. The summed E-state index contributed by atoms with van der Waals surface area (Å²) in [5, 5.41) is 0. The van der Waals surface area contributed by atoms with Gasteiger partial charge in [0.05, 0.1) is 13.1 Å². The summed E-state index contributed by atoms with van der Waals surface area (Å²) >= 11 is 0. The Hall–Kier alpha value is -2.91. The second-order valence-corrected chi connectivity index (χ2v) is 7.73. The van der Waals surface area contributed by atoms with E-state index in [1.807, 2.05) is 35.2 Å². The third-order valence-electron chi connectivity index (χ3n) is 5.81. The van der Waals surface area contributed by atoms with Crippen molar-refractivity contribution in [3.05, 3.63) is 102 Å². The molecule has 4 rings (SSSR count). The van der Waals surface area contributed by atoms with Crippen molar-refractivity contribution in [2.24, 2.45) is 0 Å². The van der Waals surface area contributed by atoms with Gasteiger partial charge in [0.1, 0.15) is 25.3 Å². The molecule has 1 heterocycles. The van der Waals surface area contributed by atoms with E-state index in [4.69, 9.17) is 0 Å². The third-order valence-corrected chi connectivity index (χ3v) is 5.81. The first-order valence-electron chi connectivity index (χ1n) is 9.98. The van der Waals surface area contributed by atoms with Gasteiger partial charge in [0.15, 0.2) is 0 Å². The van der Waals surface area contributed by atoms with Crippen molar-refractivity contribution < 1.29 is 4.79 Å². The van der Waals surface area contributed by atoms with Crippen LogP contribution in [0.15, 0.2) is 84.9 Å². The minimum absolute atomic E-state index is 0.141. The molecule has 0 aliphatic carbocycles. The van der Waals surface area contributed by atoms with Crippen LogP contribution < -0.4 is 4.48 Å². The van der Waals surface area contributed by atoms with Crippen molar-refractivity contribution in [2.75, 3.05) is 26.2 Å². The van der Waals surface area contributed by atoms with Crippen LogP contribution in [0.1, 0.15) is 21.5 Å². The van der Waals surface area contributed by atoms with Gasteiger partial charge in [0.25, 0.3) is 5.91 Å². The van der Waals surface area contributed by atoms with E-state index in [1.54, 1.807) is 0 Å². The van der Waals surface area contributed by atoms with E-state index in [0.29, 0.717) is 0 Å². The Bertz CT molecular complexity index is 912. The van der Waals surface area contributed by atoms with Crippen molar-refractivity contribution in [2.45, 2.75) is 13.5 Å². The van der Waals surface area contributed by atoms with E-state index >= 15 is 0 Å². The summed E-state index contributed by atoms with van der Waals surface area (Å²) in [6, 6.07) is 29.2. The lowest BCUT2D eigenvalue weighted by molar-refractivity contribution is 0.0635. The van der Waals surface area contributed by atoms with Crippen LogP contribution in [-0.2, 0) is 6.54 Å². The average molecular weight is 372 g/mol. The van der Waals surface area contributed by atoms with E-state index in [1.165, 1.54) is 16.8 Å². The minimum atomic E-state index is 0.141. The molecule has 0 N–H and O–H groups in total. The Labute approximate surface area is 167 Å². The number of aryl methyl sites for hydroxylation is 1. The summed E-state index contributed by atoms with van der Waals surface area (Å²) in [7, 11) is 0. The van der Waals surface area contributed by atoms with Crippen LogP contribution in [0, 0.1) is 6.92 Å². The maximum Gasteiger partial charge on any atom is 0.254 e. The van der Waals surface area contributed by atoms with Crippen LogP contribution in [-0.4, -0.2) is 37.0 Å². The lowest BCUT2D eigenvalue weighted by Gasteiger charge is -2.44.